The smallest absolute Gasteiger partial charge is 0.223 e. The van der Waals surface area contributed by atoms with Crippen LogP contribution in [-0.4, -0.2) is 52.3 Å². The van der Waals surface area contributed by atoms with E-state index in [0.29, 0.717) is 32.3 Å². The van der Waals surface area contributed by atoms with Crippen LogP contribution in [0.1, 0.15) is 19.3 Å². The summed E-state index contributed by atoms with van der Waals surface area (Å²) in [6.45, 7) is 2.50. The van der Waals surface area contributed by atoms with Gasteiger partial charge in [0, 0.05) is 57.9 Å². The standard InChI is InChI=1S/C18H28N4O3/c1-19-18(21-10-9-20-17(23)14-7-8-14)22-15-5-3-6-16(13-15)25-12-4-11-24-2/h3,5-6,13-14H,4,7-12H2,1-2H3,(H,20,23)(H2,19,21,22). The fourth-order valence-electron chi connectivity index (χ4n) is 2.23. The molecule has 1 aromatic rings. The minimum atomic E-state index is 0.156. The van der Waals surface area contributed by atoms with Crippen LogP contribution < -0.4 is 20.7 Å². The Kier molecular flexibility index (Phi) is 8.04. The van der Waals surface area contributed by atoms with Gasteiger partial charge in [0.2, 0.25) is 5.91 Å². The number of anilines is 1. The molecule has 0 bridgehead atoms. The van der Waals surface area contributed by atoms with Crippen LogP contribution in [0, 0.1) is 5.92 Å². The maximum atomic E-state index is 11.6. The van der Waals surface area contributed by atoms with E-state index in [2.05, 4.69) is 20.9 Å². The van der Waals surface area contributed by atoms with E-state index >= 15 is 0 Å². The molecule has 7 nitrogen and oxygen atoms in total. The Labute approximate surface area is 149 Å². The quantitative estimate of drug-likeness (QED) is 0.340. The Balaban J connectivity index is 1.71. The first-order valence-corrected chi connectivity index (χ1v) is 8.70. The molecule has 0 saturated heterocycles. The normalized spacial score (nSPS) is 14.1. The lowest BCUT2D eigenvalue weighted by Gasteiger charge is -2.13. The van der Waals surface area contributed by atoms with Crippen molar-refractivity contribution >= 4 is 17.6 Å². The molecule has 0 aliphatic heterocycles. The van der Waals surface area contributed by atoms with Crippen LogP contribution in [0.3, 0.4) is 0 Å². The lowest BCUT2D eigenvalue weighted by molar-refractivity contribution is -0.122. The third kappa shape index (κ3) is 7.43. The molecule has 0 atom stereocenters. The highest BCUT2D eigenvalue weighted by Crippen LogP contribution is 2.28. The number of hydrogen-bond donors (Lipinski definition) is 3. The van der Waals surface area contributed by atoms with E-state index < -0.39 is 0 Å². The van der Waals surface area contributed by atoms with E-state index in [1.165, 1.54) is 0 Å². The summed E-state index contributed by atoms with van der Waals surface area (Å²) in [6, 6.07) is 7.72. The second kappa shape index (κ2) is 10.6. The van der Waals surface area contributed by atoms with E-state index in [-0.39, 0.29) is 11.8 Å². The van der Waals surface area contributed by atoms with Crippen molar-refractivity contribution < 1.29 is 14.3 Å². The second-order valence-electron chi connectivity index (χ2n) is 5.91. The summed E-state index contributed by atoms with van der Waals surface area (Å²) in [4.78, 5) is 15.8. The predicted octanol–water partition coefficient (Wildman–Crippen LogP) is 1.62. The van der Waals surface area contributed by atoms with Gasteiger partial charge in [0.15, 0.2) is 5.96 Å². The number of amides is 1. The first kappa shape index (κ1) is 19.1. The zero-order valence-corrected chi connectivity index (χ0v) is 15.0. The summed E-state index contributed by atoms with van der Waals surface area (Å²) in [6.07, 6.45) is 2.89. The summed E-state index contributed by atoms with van der Waals surface area (Å²) >= 11 is 0. The number of hydrogen-bond acceptors (Lipinski definition) is 4. The summed E-state index contributed by atoms with van der Waals surface area (Å²) in [5.41, 5.74) is 0.888. The van der Waals surface area contributed by atoms with Gasteiger partial charge >= 0.3 is 0 Å². The Morgan fingerprint density at radius 1 is 1.24 bits per heavy atom. The van der Waals surface area contributed by atoms with Crippen molar-refractivity contribution in [1.29, 1.82) is 0 Å². The monoisotopic (exact) mass is 348 g/mol. The fraction of sp³-hybridized carbons (Fsp3) is 0.556. The molecule has 0 radical (unpaired) electrons. The molecule has 1 aromatic carbocycles. The molecule has 0 spiro atoms. The van der Waals surface area contributed by atoms with E-state index in [4.69, 9.17) is 9.47 Å². The zero-order chi connectivity index (χ0) is 17.9. The van der Waals surface area contributed by atoms with Crippen LogP contribution in [0.4, 0.5) is 5.69 Å². The average Bonchev–Trinajstić information content (AvgIpc) is 3.46. The van der Waals surface area contributed by atoms with Crippen LogP contribution in [-0.2, 0) is 9.53 Å². The Morgan fingerprint density at radius 3 is 2.76 bits per heavy atom. The summed E-state index contributed by atoms with van der Waals surface area (Å²) in [5.74, 6) is 1.84. The van der Waals surface area contributed by atoms with Gasteiger partial charge in [-0.25, -0.2) is 0 Å². The number of benzene rings is 1. The number of nitrogens with zero attached hydrogens (tertiary/aromatic N) is 1. The van der Waals surface area contributed by atoms with Gasteiger partial charge in [0.1, 0.15) is 5.75 Å². The van der Waals surface area contributed by atoms with Gasteiger partial charge in [-0.15, -0.1) is 0 Å². The number of guanidine groups is 1. The number of carbonyl (C=O) groups is 1. The molecule has 1 saturated carbocycles. The number of ether oxygens (including phenoxy) is 2. The highest BCUT2D eigenvalue weighted by Gasteiger charge is 2.28. The molecule has 0 unspecified atom stereocenters. The maximum absolute atomic E-state index is 11.6. The Bertz CT molecular complexity index is 573. The molecular formula is C18H28N4O3. The summed E-state index contributed by atoms with van der Waals surface area (Å²) in [7, 11) is 3.39. The molecule has 138 valence electrons. The van der Waals surface area contributed by atoms with Crippen LogP contribution in [0.15, 0.2) is 29.3 Å². The van der Waals surface area contributed by atoms with Crippen LogP contribution in [0.2, 0.25) is 0 Å². The van der Waals surface area contributed by atoms with Crippen molar-refractivity contribution in [1.82, 2.24) is 10.6 Å². The lowest BCUT2D eigenvalue weighted by Crippen LogP contribution is -2.38. The van der Waals surface area contributed by atoms with Crippen molar-refractivity contribution in [2.24, 2.45) is 10.9 Å². The summed E-state index contributed by atoms with van der Waals surface area (Å²) in [5, 5.41) is 9.31. The molecule has 1 aliphatic carbocycles. The largest absolute Gasteiger partial charge is 0.493 e. The molecule has 25 heavy (non-hydrogen) atoms. The highest BCUT2D eigenvalue weighted by atomic mass is 16.5. The highest BCUT2D eigenvalue weighted by molar-refractivity contribution is 5.93. The van der Waals surface area contributed by atoms with Crippen LogP contribution in [0.5, 0.6) is 5.75 Å². The number of aliphatic imine (C=N–C) groups is 1. The third-order valence-corrected chi connectivity index (χ3v) is 3.75. The first-order valence-electron chi connectivity index (χ1n) is 8.70. The molecule has 3 N–H and O–H groups in total. The Hall–Kier alpha value is -2.28. The van der Waals surface area contributed by atoms with Gasteiger partial charge in [-0.2, -0.15) is 0 Å². The van der Waals surface area contributed by atoms with Crippen molar-refractivity contribution in [3.05, 3.63) is 24.3 Å². The molecule has 0 heterocycles. The first-order chi connectivity index (χ1) is 12.2. The van der Waals surface area contributed by atoms with Gasteiger partial charge in [0.25, 0.3) is 0 Å². The zero-order valence-electron chi connectivity index (χ0n) is 15.0. The molecule has 1 amide bonds. The van der Waals surface area contributed by atoms with E-state index in [1.54, 1.807) is 14.2 Å². The molecule has 1 fully saturated rings. The van der Waals surface area contributed by atoms with Crippen LogP contribution >= 0.6 is 0 Å². The van der Waals surface area contributed by atoms with Gasteiger partial charge in [-0.05, 0) is 25.0 Å². The summed E-state index contributed by atoms with van der Waals surface area (Å²) < 4.78 is 10.7. The van der Waals surface area contributed by atoms with Crippen molar-refractivity contribution in [3.63, 3.8) is 0 Å². The Morgan fingerprint density at radius 2 is 2.04 bits per heavy atom. The van der Waals surface area contributed by atoms with Crippen molar-refractivity contribution in [3.8, 4) is 5.75 Å². The number of rotatable bonds is 10. The van der Waals surface area contributed by atoms with E-state index in [9.17, 15) is 4.79 Å². The van der Waals surface area contributed by atoms with Crippen molar-refractivity contribution in [2.45, 2.75) is 19.3 Å². The molecule has 0 aromatic heterocycles. The lowest BCUT2D eigenvalue weighted by atomic mass is 10.3. The topological polar surface area (TPSA) is 84.0 Å². The predicted molar refractivity (Wildman–Crippen MR) is 99.1 cm³/mol. The molecule has 2 rings (SSSR count). The van der Waals surface area contributed by atoms with Crippen molar-refractivity contribution in [2.75, 3.05) is 45.8 Å². The third-order valence-electron chi connectivity index (χ3n) is 3.75. The minimum Gasteiger partial charge on any atom is -0.493 e. The van der Waals surface area contributed by atoms with E-state index in [1.807, 2.05) is 24.3 Å². The molecule has 7 heteroatoms. The molecule has 1 aliphatic rings. The van der Waals surface area contributed by atoms with Crippen LogP contribution in [0.25, 0.3) is 0 Å². The molecular weight excluding hydrogens is 320 g/mol. The van der Waals surface area contributed by atoms with Gasteiger partial charge in [0.05, 0.1) is 6.61 Å². The van der Waals surface area contributed by atoms with Gasteiger partial charge in [-0.1, -0.05) is 6.07 Å². The van der Waals surface area contributed by atoms with E-state index in [0.717, 1.165) is 30.7 Å². The number of nitrogens with one attached hydrogen (secondary N) is 3. The fourth-order valence-corrected chi connectivity index (χ4v) is 2.23. The minimum absolute atomic E-state index is 0.156. The second-order valence-corrected chi connectivity index (χ2v) is 5.91. The van der Waals surface area contributed by atoms with Gasteiger partial charge in [-0.3, -0.25) is 9.79 Å². The van der Waals surface area contributed by atoms with Gasteiger partial charge < -0.3 is 25.4 Å². The SMILES string of the molecule is CN=C(NCCNC(=O)C1CC1)Nc1cccc(OCCCOC)c1. The average molecular weight is 348 g/mol. The number of methoxy groups -OCH3 is 1. The maximum Gasteiger partial charge on any atom is 0.223 e. The number of carbonyl (C=O) groups excluding carboxylic acids is 1.